The Labute approximate surface area is 388 Å². The Bertz CT molecular complexity index is 2100. The number of ether oxygens (including phenoxy) is 3. The van der Waals surface area contributed by atoms with Gasteiger partial charge < -0.3 is 46.1 Å². The fourth-order valence-corrected chi connectivity index (χ4v) is 7.38. The highest BCUT2D eigenvalue weighted by Crippen LogP contribution is 2.18. The lowest BCUT2D eigenvalue weighted by Crippen LogP contribution is -2.49. The number of aliphatic hydroxyl groups excluding tert-OH is 2. The Balaban J connectivity index is 0.000000296. The minimum atomic E-state index is -0.972. The van der Waals surface area contributed by atoms with Crippen LogP contribution in [0.3, 0.4) is 0 Å². The third-order valence-electron chi connectivity index (χ3n) is 9.85. The quantitative estimate of drug-likeness (QED) is 0.0439. The molecule has 3 amide bonds. The minimum absolute atomic E-state index is 0.0987. The fourth-order valence-electron chi connectivity index (χ4n) is 6.87. The highest BCUT2D eigenvalue weighted by Gasteiger charge is 2.29. The summed E-state index contributed by atoms with van der Waals surface area (Å²) < 4.78 is 16.2. The molecule has 350 valence electrons. The summed E-state index contributed by atoms with van der Waals surface area (Å²) in [5.74, 6) is 0. The van der Waals surface area contributed by atoms with Gasteiger partial charge in [-0.1, -0.05) is 121 Å². The van der Waals surface area contributed by atoms with Crippen molar-refractivity contribution in [2.75, 3.05) is 0 Å². The number of thiazole rings is 1. The molecule has 6 atom stereocenters. The van der Waals surface area contributed by atoms with Gasteiger partial charge in [-0.05, 0) is 102 Å². The van der Waals surface area contributed by atoms with Crippen LogP contribution in [-0.2, 0) is 46.5 Å². The van der Waals surface area contributed by atoms with E-state index >= 15 is 0 Å². The van der Waals surface area contributed by atoms with Crippen molar-refractivity contribution in [2.45, 2.75) is 134 Å². The van der Waals surface area contributed by atoms with Crippen molar-refractivity contribution in [3.8, 4) is 0 Å². The maximum Gasteiger partial charge on any atom is 0.407 e. The van der Waals surface area contributed by atoms with Crippen LogP contribution >= 0.6 is 11.3 Å². The molecule has 0 aliphatic heterocycles. The second kappa shape index (κ2) is 26.2. The second-order valence-corrected chi connectivity index (χ2v) is 19.0. The number of benzene rings is 4. The third kappa shape index (κ3) is 21.6. The van der Waals surface area contributed by atoms with Crippen molar-refractivity contribution in [2.24, 2.45) is 5.73 Å². The third-order valence-corrected chi connectivity index (χ3v) is 10.6. The Kier molecular flexibility index (Phi) is 20.9. The SMILES string of the molecule is CC(C)(C)OC(=O)N[C@@H](Cc1ccccc1)C[C@H](O)[C@@H](N)Cc1ccccc1.CC(C)(C)OC(=O)N[C@@H](Cc1ccccc1)C[C@H](O)[C@H](Cc1ccccc1)NC(=O)OCc1cncs1. The predicted molar refractivity (Wildman–Crippen MR) is 255 cm³/mol. The van der Waals surface area contributed by atoms with Crippen LogP contribution in [0.1, 0.15) is 81.5 Å². The van der Waals surface area contributed by atoms with E-state index < -0.39 is 59.8 Å². The van der Waals surface area contributed by atoms with Gasteiger partial charge in [0.05, 0.1) is 28.6 Å². The molecule has 5 aromatic rings. The van der Waals surface area contributed by atoms with Crippen LogP contribution in [0, 0.1) is 0 Å². The summed E-state index contributed by atoms with van der Waals surface area (Å²) in [5.41, 5.74) is 10.8. The Morgan fingerprint density at radius 2 is 0.985 bits per heavy atom. The highest BCUT2D eigenvalue weighted by molar-refractivity contribution is 7.09. The van der Waals surface area contributed by atoms with Crippen molar-refractivity contribution in [3.63, 3.8) is 0 Å². The number of aliphatic hydroxyl groups is 2. The lowest BCUT2D eigenvalue weighted by Gasteiger charge is -2.29. The Morgan fingerprint density at radius 3 is 1.38 bits per heavy atom. The zero-order chi connectivity index (χ0) is 47.2. The molecule has 0 aliphatic rings. The fraction of sp³-hybridized carbons (Fsp3) is 0.412. The molecule has 7 N–H and O–H groups in total. The van der Waals surface area contributed by atoms with Crippen LogP contribution in [0.5, 0.6) is 0 Å². The molecule has 5 rings (SSSR count). The number of amides is 3. The first-order chi connectivity index (χ1) is 30.9. The lowest BCUT2D eigenvalue weighted by atomic mass is 9.94. The van der Waals surface area contributed by atoms with E-state index in [4.69, 9.17) is 19.9 Å². The first-order valence-corrected chi connectivity index (χ1v) is 22.9. The molecular weight excluding hydrogens is 843 g/mol. The van der Waals surface area contributed by atoms with Gasteiger partial charge in [0.15, 0.2) is 0 Å². The standard InChI is InChI=1S/C28H35N3O5S.C23H32N2O3/c1-28(2,3)36-27(34)30-22(14-20-10-6-4-7-11-20)16-25(32)24(15-21-12-8-5-9-13-21)31-26(33)35-18-23-17-29-19-37-23;1-23(2,3)28-22(27)25-19(14-17-10-6-4-7-11-17)16-21(26)20(24)15-18-12-8-5-9-13-18/h4-13,17,19,22,24-25,32H,14-16,18H2,1-3H3,(H,30,34)(H,31,33);4-13,19-21,26H,14-16,24H2,1-3H3,(H,25,27)/t22-,24-,25-;19-,20-,21-/m00/s1. The van der Waals surface area contributed by atoms with E-state index in [0.717, 1.165) is 27.1 Å². The number of alkyl carbamates (subject to hydrolysis) is 3. The highest BCUT2D eigenvalue weighted by atomic mass is 32.1. The van der Waals surface area contributed by atoms with Crippen molar-refractivity contribution in [1.82, 2.24) is 20.9 Å². The van der Waals surface area contributed by atoms with Gasteiger partial charge >= 0.3 is 18.3 Å². The molecule has 0 radical (unpaired) electrons. The van der Waals surface area contributed by atoms with Gasteiger partial charge in [0, 0.05) is 24.3 Å². The average molecular weight is 910 g/mol. The van der Waals surface area contributed by atoms with Gasteiger partial charge in [-0.3, -0.25) is 4.98 Å². The molecule has 0 saturated carbocycles. The number of nitrogens with one attached hydrogen (secondary N) is 3. The average Bonchev–Trinajstić information content (AvgIpc) is 3.77. The van der Waals surface area contributed by atoms with Gasteiger partial charge in [-0.15, -0.1) is 11.3 Å². The monoisotopic (exact) mass is 909 g/mol. The zero-order valence-electron chi connectivity index (χ0n) is 38.4. The number of carbonyl (C=O) groups is 3. The molecule has 0 spiro atoms. The molecule has 13 nitrogen and oxygen atoms in total. The van der Waals surface area contributed by atoms with Gasteiger partial charge in [-0.2, -0.15) is 0 Å². The molecule has 0 saturated heterocycles. The van der Waals surface area contributed by atoms with Crippen LogP contribution in [0.25, 0.3) is 0 Å². The number of carbonyl (C=O) groups excluding carboxylic acids is 3. The summed E-state index contributed by atoms with van der Waals surface area (Å²) in [5, 5.41) is 30.6. The van der Waals surface area contributed by atoms with Crippen molar-refractivity contribution >= 4 is 29.6 Å². The summed E-state index contributed by atoms with van der Waals surface area (Å²) >= 11 is 1.39. The zero-order valence-corrected chi connectivity index (χ0v) is 39.2. The minimum Gasteiger partial charge on any atom is -0.444 e. The smallest absolute Gasteiger partial charge is 0.407 e. The number of nitrogens with two attached hydrogens (primary N) is 1. The summed E-state index contributed by atoms with van der Waals surface area (Å²) in [6.07, 6.45) is 0.842. The molecule has 4 aromatic carbocycles. The van der Waals surface area contributed by atoms with E-state index in [2.05, 4.69) is 20.9 Å². The normalized spacial score (nSPS) is 14.2. The lowest BCUT2D eigenvalue weighted by molar-refractivity contribution is 0.0455. The molecule has 0 aliphatic carbocycles. The van der Waals surface area contributed by atoms with E-state index in [1.807, 2.05) is 142 Å². The molecule has 0 bridgehead atoms. The van der Waals surface area contributed by atoms with E-state index in [1.165, 1.54) is 11.3 Å². The Morgan fingerprint density at radius 1 is 0.585 bits per heavy atom. The maximum atomic E-state index is 12.6. The molecule has 65 heavy (non-hydrogen) atoms. The van der Waals surface area contributed by atoms with Gasteiger partial charge in [-0.25, -0.2) is 14.4 Å². The van der Waals surface area contributed by atoms with E-state index in [9.17, 15) is 24.6 Å². The number of aromatic nitrogens is 1. The largest absolute Gasteiger partial charge is 0.444 e. The van der Waals surface area contributed by atoms with Crippen LogP contribution in [0.2, 0.25) is 0 Å². The first-order valence-electron chi connectivity index (χ1n) is 22.0. The first kappa shape index (κ1) is 51.8. The van der Waals surface area contributed by atoms with Crippen molar-refractivity contribution in [3.05, 3.63) is 160 Å². The molecule has 1 heterocycles. The summed E-state index contributed by atoms with van der Waals surface area (Å²) in [6.45, 7) is 11.0. The van der Waals surface area contributed by atoms with Gasteiger partial charge in [0.1, 0.15) is 17.8 Å². The molecule has 1 aromatic heterocycles. The van der Waals surface area contributed by atoms with E-state index in [0.29, 0.717) is 32.1 Å². The Hall–Kier alpha value is -5.80. The van der Waals surface area contributed by atoms with Crippen molar-refractivity contribution in [1.29, 1.82) is 0 Å². The second-order valence-electron chi connectivity index (χ2n) is 18.0. The van der Waals surface area contributed by atoms with Crippen LogP contribution in [0.15, 0.2) is 133 Å². The topological polar surface area (TPSA) is 194 Å². The van der Waals surface area contributed by atoms with Gasteiger partial charge in [0.25, 0.3) is 0 Å². The number of hydrogen-bond acceptors (Lipinski definition) is 11. The maximum absolute atomic E-state index is 12.6. The van der Waals surface area contributed by atoms with Crippen molar-refractivity contribution < 1.29 is 38.8 Å². The molecular formula is C51H67N5O8S. The summed E-state index contributed by atoms with van der Waals surface area (Å²) in [6, 6.07) is 37.2. The number of hydrogen-bond donors (Lipinski definition) is 6. The molecule has 0 unspecified atom stereocenters. The number of nitrogens with zero attached hydrogens (tertiary/aromatic N) is 1. The molecule has 0 fully saturated rings. The van der Waals surface area contributed by atoms with Crippen LogP contribution in [0.4, 0.5) is 14.4 Å². The molecule has 14 heteroatoms. The predicted octanol–water partition coefficient (Wildman–Crippen LogP) is 8.31. The number of rotatable bonds is 19. The van der Waals surface area contributed by atoms with Crippen LogP contribution < -0.4 is 21.7 Å². The van der Waals surface area contributed by atoms with Gasteiger partial charge in [0.2, 0.25) is 0 Å². The van der Waals surface area contributed by atoms with Crippen LogP contribution in [-0.4, -0.2) is 81.1 Å². The summed E-state index contributed by atoms with van der Waals surface area (Å²) in [4.78, 5) is 42.2. The van der Waals surface area contributed by atoms with E-state index in [1.54, 1.807) is 32.5 Å². The van der Waals surface area contributed by atoms with E-state index in [-0.39, 0.29) is 19.1 Å². The summed E-state index contributed by atoms with van der Waals surface area (Å²) in [7, 11) is 0.